The van der Waals surface area contributed by atoms with Crippen LogP contribution >= 0.6 is 21.6 Å². The maximum Gasteiger partial charge on any atom is 0.407 e. The highest BCUT2D eigenvalue weighted by Gasteiger charge is 2.04. The molecule has 0 fully saturated rings. The van der Waals surface area contributed by atoms with Gasteiger partial charge in [-0.15, -0.1) is 0 Å². The molecule has 2 N–H and O–H groups in total. The molecule has 174 valence electrons. The number of ether oxygens (including phenoxy) is 4. The van der Waals surface area contributed by atoms with Crippen molar-refractivity contribution < 1.29 is 28.5 Å². The first-order valence-electron chi connectivity index (χ1n) is 9.92. The summed E-state index contributed by atoms with van der Waals surface area (Å²) in [7, 11) is 6.42. The minimum Gasteiger partial charge on any atom is -0.497 e. The van der Waals surface area contributed by atoms with E-state index < -0.39 is 12.2 Å². The Hall–Kier alpha value is -2.72. The zero-order chi connectivity index (χ0) is 23.0. The molecule has 0 saturated carbocycles. The summed E-state index contributed by atoms with van der Waals surface area (Å²) in [6, 6.07) is 14.7. The van der Waals surface area contributed by atoms with Crippen LogP contribution < -0.4 is 20.1 Å². The lowest BCUT2D eigenvalue weighted by atomic mass is 10.2. The fourth-order valence-corrected chi connectivity index (χ4v) is 4.16. The molecule has 2 aromatic rings. The van der Waals surface area contributed by atoms with Crippen LogP contribution in [-0.2, 0) is 22.7 Å². The Balaban J connectivity index is 1.42. The zero-order valence-electron chi connectivity index (χ0n) is 18.1. The Morgan fingerprint density at radius 3 is 1.41 bits per heavy atom. The van der Waals surface area contributed by atoms with Gasteiger partial charge in [-0.3, -0.25) is 0 Å². The highest BCUT2D eigenvalue weighted by Crippen LogP contribution is 2.19. The smallest absolute Gasteiger partial charge is 0.407 e. The topological polar surface area (TPSA) is 95.1 Å². The SMILES string of the molecule is COc1ccc(COC(=O)NCCSSCCNC(=O)OCc2ccc(OC)cc2)cc1. The molecule has 0 aromatic heterocycles. The second kappa shape index (κ2) is 15.1. The number of amides is 2. The van der Waals surface area contributed by atoms with E-state index in [0.29, 0.717) is 13.1 Å². The maximum absolute atomic E-state index is 11.7. The lowest BCUT2D eigenvalue weighted by molar-refractivity contribution is 0.139. The molecule has 8 nitrogen and oxygen atoms in total. The van der Waals surface area contributed by atoms with E-state index >= 15 is 0 Å². The number of rotatable bonds is 13. The molecule has 2 amide bonds. The van der Waals surface area contributed by atoms with Gasteiger partial charge < -0.3 is 29.6 Å². The second-order valence-corrected chi connectivity index (χ2v) is 9.05. The lowest BCUT2D eigenvalue weighted by Crippen LogP contribution is -2.27. The van der Waals surface area contributed by atoms with Gasteiger partial charge in [0.1, 0.15) is 24.7 Å². The second-order valence-electron chi connectivity index (χ2n) is 6.35. The molecule has 10 heteroatoms. The van der Waals surface area contributed by atoms with E-state index in [2.05, 4.69) is 10.6 Å². The van der Waals surface area contributed by atoms with Crippen molar-refractivity contribution in [2.24, 2.45) is 0 Å². The van der Waals surface area contributed by atoms with Crippen LogP contribution in [0.15, 0.2) is 48.5 Å². The molecule has 2 aromatic carbocycles. The Kier molecular flexibility index (Phi) is 12.1. The van der Waals surface area contributed by atoms with Crippen LogP contribution in [0, 0.1) is 0 Å². The zero-order valence-corrected chi connectivity index (χ0v) is 19.8. The monoisotopic (exact) mass is 480 g/mol. The quantitative estimate of drug-likeness (QED) is 0.325. The fourth-order valence-electron chi connectivity index (χ4n) is 2.35. The van der Waals surface area contributed by atoms with Crippen LogP contribution in [0.25, 0.3) is 0 Å². The van der Waals surface area contributed by atoms with Crippen LogP contribution in [0.5, 0.6) is 11.5 Å². The average Bonchev–Trinajstić information content (AvgIpc) is 2.83. The van der Waals surface area contributed by atoms with Crippen molar-refractivity contribution in [1.29, 1.82) is 0 Å². The van der Waals surface area contributed by atoms with Crippen molar-refractivity contribution in [1.82, 2.24) is 10.6 Å². The Labute approximate surface area is 196 Å². The van der Waals surface area contributed by atoms with Gasteiger partial charge in [0.05, 0.1) is 14.2 Å². The van der Waals surface area contributed by atoms with Crippen molar-refractivity contribution in [3.05, 3.63) is 59.7 Å². The molecule has 0 atom stereocenters. The first-order valence-corrected chi connectivity index (χ1v) is 12.4. The summed E-state index contributed by atoms with van der Waals surface area (Å²) in [5.74, 6) is 2.97. The summed E-state index contributed by atoms with van der Waals surface area (Å²) in [6.07, 6.45) is -0.902. The predicted octanol–water partition coefficient (Wildman–Crippen LogP) is 4.24. The van der Waals surface area contributed by atoms with Gasteiger partial charge in [0.2, 0.25) is 0 Å². The standard InChI is InChI=1S/C22H28N2O6S2/c1-27-19-7-3-17(4-8-19)15-29-21(25)23-11-13-31-32-14-12-24-22(26)30-16-18-5-9-20(28-2)10-6-18/h3-10H,11-16H2,1-2H3,(H,23,25)(H,24,26). The molecule has 0 spiro atoms. The van der Waals surface area contributed by atoms with Gasteiger partial charge in [0, 0.05) is 24.6 Å². The van der Waals surface area contributed by atoms with Crippen molar-refractivity contribution in [3.63, 3.8) is 0 Å². The third-order valence-corrected chi connectivity index (χ3v) is 6.46. The van der Waals surface area contributed by atoms with Crippen molar-refractivity contribution in [3.8, 4) is 11.5 Å². The van der Waals surface area contributed by atoms with Crippen LogP contribution in [0.2, 0.25) is 0 Å². The number of carbonyl (C=O) groups is 2. The maximum atomic E-state index is 11.7. The summed E-state index contributed by atoms with van der Waals surface area (Å²) in [5, 5.41) is 5.41. The number of nitrogens with one attached hydrogen (secondary N) is 2. The largest absolute Gasteiger partial charge is 0.497 e. The highest BCUT2D eigenvalue weighted by molar-refractivity contribution is 8.76. The van der Waals surface area contributed by atoms with E-state index in [4.69, 9.17) is 18.9 Å². The fraction of sp³-hybridized carbons (Fsp3) is 0.364. The number of benzene rings is 2. The first kappa shape index (κ1) is 25.5. The lowest BCUT2D eigenvalue weighted by Gasteiger charge is -2.08. The average molecular weight is 481 g/mol. The molecule has 32 heavy (non-hydrogen) atoms. The van der Waals surface area contributed by atoms with Crippen LogP contribution in [0.4, 0.5) is 9.59 Å². The Morgan fingerprint density at radius 1 is 0.688 bits per heavy atom. The summed E-state index contributed by atoms with van der Waals surface area (Å²) in [5.41, 5.74) is 1.78. The molecule has 0 heterocycles. The Morgan fingerprint density at radius 2 is 1.06 bits per heavy atom. The molecule has 0 saturated heterocycles. The summed E-state index contributed by atoms with van der Waals surface area (Å²) in [4.78, 5) is 23.4. The van der Waals surface area contributed by atoms with E-state index in [1.807, 2.05) is 48.5 Å². The third kappa shape index (κ3) is 10.5. The van der Waals surface area contributed by atoms with Crippen molar-refractivity contribution in [2.75, 3.05) is 38.8 Å². The normalized spacial score (nSPS) is 10.2. The van der Waals surface area contributed by atoms with Gasteiger partial charge in [-0.25, -0.2) is 9.59 Å². The van der Waals surface area contributed by atoms with E-state index in [1.54, 1.807) is 35.8 Å². The molecule has 0 radical (unpaired) electrons. The molecule has 0 unspecified atom stereocenters. The minimum absolute atomic E-state index is 0.206. The number of methoxy groups -OCH3 is 2. The van der Waals surface area contributed by atoms with Crippen molar-refractivity contribution >= 4 is 33.8 Å². The summed E-state index contributed by atoms with van der Waals surface area (Å²) in [6.45, 7) is 1.41. The summed E-state index contributed by atoms with van der Waals surface area (Å²) < 4.78 is 20.5. The van der Waals surface area contributed by atoms with Crippen LogP contribution in [-0.4, -0.2) is 51.0 Å². The molecule has 0 aliphatic heterocycles. The molecule has 0 aliphatic rings. The van der Waals surface area contributed by atoms with Gasteiger partial charge in [-0.05, 0) is 35.4 Å². The number of hydrogen-bond donors (Lipinski definition) is 2. The van der Waals surface area contributed by atoms with E-state index in [1.165, 1.54) is 0 Å². The minimum atomic E-state index is -0.451. The first-order chi connectivity index (χ1) is 15.6. The van der Waals surface area contributed by atoms with Gasteiger partial charge in [0.15, 0.2) is 0 Å². The van der Waals surface area contributed by atoms with Crippen molar-refractivity contribution in [2.45, 2.75) is 13.2 Å². The predicted molar refractivity (Wildman–Crippen MR) is 127 cm³/mol. The summed E-state index contributed by atoms with van der Waals surface area (Å²) >= 11 is 0. The van der Waals surface area contributed by atoms with E-state index in [-0.39, 0.29) is 13.2 Å². The molecule has 2 rings (SSSR count). The molecule has 0 bridgehead atoms. The highest BCUT2D eigenvalue weighted by atomic mass is 33.1. The third-order valence-electron chi connectivity index (χ3n) is 4.05. The molecule has 0 aliphatic carbocycles. The van der Waals surface area contributed by atoms with E-state index in [9.17, 15) is 9.59 Å². The van der Waals surface area contributed by atoms with Gasteiger partial charge >= 0.3 is 12.2 Å². The number of carbonyl (C=O) groups excluding carboxylic acids is 2. The Bertz CT molecular complexity index is 749. The van der Waals surface area contributed by atoms with Gasteiger partial charge in [0.25, 0.3) is 0 Å². The number of alkyl carbamates (subject to hydrolysis) is 2. The molecular formula is C22H28N2O6S2. The van der Waals surface area contributed by atoms with Crippen LogP contribution in [0.3, 0.4) is 0 Å². The van der Waals surface area contributed by atoms with E-state index in [0.717, 1.165) is 34.1 Å². The van der Waals surface area contributed by atoms with Crippen LogP contribution in [0.1, 0.15) is 11.1 Å². The van der Waals surface area contributed by atoms with Gasteiger partial charge in [-0.2, -0.15) is 0 Å². The number of hydrogen-bond acceptors (Lipinski definition) is 8. The van der Waals surface area contributed by atoms with Gasteiger partial charge in [-0.1, -0.05) is 45.9 Å². The molecular weight excluding hydrogens is 452 g/mol.